The van der Waals surface area contributed by atoms with Crippen LogP contribution in [0.4, 0.5) is 0 Å². The Hall–Kier alpha value is -3.29. The SMILES string of the molecule is COCCCN1C(=O)C(O)=C(C(=O)c2cc3cc(Cl)cc(OC)c3o2)C1c1ccccc1. The van der Waals surface area contributed by atoms with Crippen LogP contribution in [0.1, 0.15) is 28.6 Å². The Labute approximate surface area is 189 Å². The Balaban J connectivity index is 1.78. The van der Waals surface area contributed by atoms with E-state index in [2.05, 4.69) is 0 Å². The molecule has 1 amide bonds. The summed E-state index contributed by atoms with van der Waals surface area (Å²) in [6.07, 6.45) is 0.556. The number of ether oxygens (including phenoxy) is 2. The van der Waals surface area contributed by atoms with Gasteiger partial charge in [-0.2, -0.15) is 0 Å². The summed E-state index contributed by atoms with van der Waals surface area (Å²) in [5, 5.41) is 11.7. The summed E-state index contributed by atoms with van der Waals surface area (Å²) in [5.74, 6) is -1.39. The van der Waals surface area contributed by atoms with Crippen LogP contribution in [-0.4, -0.2) is 49.1 Å². The van der Waals surface area contributed by atoms with Crippen LogP contribution >= 0.6 is 11.6 Å². The Bertz CT molecular complexity index is 1200. The van der Waals surface area contributed by atoms with Crippen LogP contribution < -0.4 is 4.74 Å². The van der Waals surface area contributed by atoms with Crippen LogP contribution in [0.5, 0.6) is 5.75 Å². The number of halogens is 1. The zero-order chi connectivity index (χ0) is 22.8. The quantitative estimate of drug-likeness (QED) is 0.391. The second kappa shape index (κ2) is 9.06. The highest BCUT2D eigenvalue weighted by Crippen LogP contribution is 2.40. The largest absolute Gasteiger partial charge is 0.503 e. The fourth-order valence-corrected chi connectivity index (χ4v) is 4.18. The Morgan fingerprint density at radius 1 is 1.19 bits per heavy atom. The maximum absolute atomic E-state index is 13.5. The van der Waals surface area contributed by atoms with E-state index in [0.29, 0.717) is 46.9 Å². The number of methoxy groups -OCH3 is 2. The number of furan rings is 1. The van der Waals surface area contributed by atoms with Crippen molar-refractivity contribution in [1.82, 2.24) is 4.90 Å². The van der Waals surface area contributed by atoms with E-state index >= 15 is 0 Å². The number of carbonyl (C=O) groups is 2. The third-order valence-corrected chi connectivity index (χ3v) is 5.62. The average molecular weight is 456 g/mol. The minimum atomic E-state index is -0.744. The van der Waals surface area contributed by atoms with Crippen LogP contribution in [0, 0.1) is 0 Å². The van der Waals surface area contributed by atoms with Gasteiger partial charge in [-0.1, -0.05) is 41.9 Å². The molecule has 0 spiro atoms. The molecule has 4 rings (SSSR count). The zero-order valence-electron chi connectivity index (χ0n) is 17.6. The van der Waals surface area contributed by atoms with Crippen LogP contribution in [-0.2, 0) is 9.53 Å². The molecule has 166 valence electrons. The molecule has 1 atom stereocenters. The number of nitrogens with zero attached hydrogens (tertiary/aromatic N) is 1. The van der Waals surface area contributed by atoms with Crippen molar-refractivity contribution >= 4 is 34.3 Å². The molecule has 32 heavy (non-hydrogen) atoms. The molecule has 0 aliphatic carbocycles. The fourth-order valence-electron chi connectivity index (χ4n) is 3.96. The Kier molecular flexibility index (Phi) is 6.21. The number of fused-ring (bicyclic) bond motifs is 1. The van der Waals surface area contributed by atoms with E-state index in [-0.39, 0.29) is 11.3 Å². The molecule has 7 nitrogen and oxygen atoms in total. The van der Waals surface area contributed by atoms with Gasteiger partial charge in [-0.15, -0.1) is 0 Å². The molecule has 0 bridgehead atoms. The van der Waals surface area contributed by atoms with E-state index in [0.717, 1.165) is 0 Å². The number of Topliss-reactive ketones (excluding diaryl/α,β-unsaturated/α-hetero) is 1. The molecule has 0 radical (unpaired) electrons. The van der Waals surface area contributed by atoms with Crippen molar-refractivity contribution in [3.05, 3.63) is 76.2 Å². The van der Waals surface area contributed by atoms with Crippen LogP contribution in [0.2, 0.25) is 5.02 Å². The molecule has 1 N–H and O–H groups in total. The van der Waals surface area contributed by atoms with Gasteiger partial charge in [0.2, 0.25) is 5.78 Å². The molecule has 0 saturated carbocycles. The highest BCUT2D eigenvalue weighted by molar-refractivity contribution is 6.31. The number of amides is 1. The lowest BCUT2D eigenvalue weighted by atomic mass is 9.95. The van der Waals surface area contributed by atoms with Crippen LogP contribution in [0.3, 0.4) is 0 Å². The summed E-state index contributed by atoms with van der Waals surface area (Å²) in [4.78, 5) is 27.9. The summed E-state index contributed by atoms with van der Waals surface area (Å²) in [6, 6.07) is 13.1. The van der Waals surface area contributed by atoms with Crippen molar-refractivity contribution in [2.45, 2.75) is 12.5 Å². The number of rotatable bonds is 8. The number of aliphatic hydroxyl groups excluding tert-OH is 1. The van der Waals surface area contributed by atoms with E-state index < -0.39 is 23.5 Å². The minimum absolute atomic E-state index is 0.0189. The number of aliphatic hydroxyl groups is 1. The maximum atomic E-state index is 13.5. The summed E-state index contributed by atoms with van der Waals surface area (Å²) < 4.78 is 16.2. The lowest BCUT2D eigenvalue weighted by molar-refractivity contribution is -0.129. The highest BCUT2D eigenvalue weighted by atomic mass is 35.5. The molecule has 3 aromatic rings. The van der Waals surface area contributed by atoms with Crippen LogP contribution in [0.15, 0.2) is 64.3 Å². The number of carbonyl (C=O) groups excluding carboxylic acids is 2. The van der Waals surface area contributed by atoms with Gasteiger partial charge in [0.1, 0.15) is 0 Å². The van der Waals surface area contributed by atoms with Gasteiger partial charge in [-0.3, -0.25) is 9.59 Å². The summed E-state index contributed by atoms with van der Waals surface area (Å²) in [7, 11) is 3.05. The fraction of sp³-hybridized carbons (Fsp3) is 0.250. The van der Waals surface area contributed by atoms with Gasteiger partial charge in [0.15, 0.2) is 22.9 Å². The molecule has 1 unspecified atom stereocenters. The standard InChI is InChI=1S/C24H22ClNO6/c1-30-10-6-9-26-20(14-7-4-3-5-8-14)19(22(28)24(26)29)21(27)17-12-15-11-16(25)13-18(31-2)23(15)32-17/h3-5,7-8,11-13,20,28H,6,9-10H2,1-2H3. The van der Waals surface area contributed by atoms with Gasteiger partial charge in [-0.05, 0) is 24.1 Å². The monoisotopic (exact) mass is 455 g/mol. The lowest BCUT2D eigenvalue weighted by Gasteiger charge is -2.26. The Morgan fingerprint density at radius 2 is 1.94 bits per heavy atom. The summed E-state index contributed by atoms with van der Waals surface area (Å²) in [6.45, 7) is 0.760. The van der Waals surface area contributed by atoms with E-state index in [1.807, 2.05) is 30.3 Å². The number of hydrogen-bond donors (Lipinski definition) is 1. The first kappa shape index (κ1) is 21.9. The third-order valence-electron chi connectivity index (χ3n) is 5.40. The van der Waals surface area contributed by atoms with Crippen molar-refractivity contribution in [2.75, 3.05) is 27.4 Å². The van der Waals surface area contributed by atoms with E-state index in [4.69, 9.17) is 25.5 Å². The van der Waals surface area contributed by atoms with Gasteiger partial charge < -0.3 is 23.9 Å². The Morgan fingerprint density at radius 3 is 2.62 bits per heavy atom. The van der Waals surface area contributed by atoms with Crippen molar-refractivity contribution in [2.24, 2.45) is 0 Å². The normalized spacial score (nSPS) is 16.3. The van der Waals surface area contributed by atoms with E-state index in [1.54, 1.807) is 19.2 Å². The van der Waals surface area contributed by atoms with Gasteiger partial charge in [0.25, 0.3) is 5.91 Å². The number of benzene rings is 2. The molecule has 2 aromatic carbocycles. The molecular weight excluding hydrogens is 434 g/mol. The first-order valence-electron chi connectivity index (χ1n) is 10.1. The first-order chi connectivity index (χ1) is 15.5. The lowest BCUT2D eigenvalue weighted by Crippen LogP contribution is -2.32. The van der Waals surface area contributed by atoms with Crippen LogP contribution in [0.25, 0.3) is 11.0 Å². The smallest absolute Gasteiger partial charge is 0.290 e. The van der Waals surface area contributed by atoms with Gasteiger partial charge in [0, 0.05) is 36.7 Å². The first-order valence-corrected chi connectivity index (χ1v) is 10.4. The van der Waals surface area contributed by atoms with Crippen molar-refractivity contribution in [1.29, 1.82) is 0 Å². The van der Waals surface area contributed by atoms with E-state index in [9.17, 15) is 14.7 Å². The third kappa shape index (κ3) is 3.85. The van der Waals surface area contributed by atoms with Gasteiger partial charge in [-0.25, -0.2) is 0 Å². The molecular formula is C24H22ClNO6. The van der Waals surface area contributed by atoms with Crippen molar-refractivity contribution in [3.63, 3.8) is 0 Å². The molecule has 2 heterocycles. The summed E-state index contributed by atoms with van der Waals surface area (Å²) >= 11 is 6.13. The van der Waals surface area contributed by atoms with Gasteiger partial charge in [0.05, 0.1) is 18.7 Å². The topological polar surface area (TPSA) is 89.2 Å². The maximum Gasteiger partial charge on any atom is 0.290 e. The predicted octanol–water partition coefficient (Wildman–Crippen LogP) is 4.71. The van der Waals surface area contributed by atoms with E-state index in [1.165, 1.54) is 18.1 Å². The minimum Gasteiger partial charge on any atom is -0.503 e. The molecule has 0 saturated heterocycles. The second-order valence-electron chi connectivity index (χ2n) is 7.39. The molecule has 1 aliphatic heterocycles. The van der Waals surface area contributed by atoms with Gasteiger partial charge >= 0.3 is 0 Å². The molecule has 0 fully saturated rings. The summed E-state index contributed by atoms with van der Waals surface area (Å²) in [5.41, 5.74) is 1.04. The molecule has 1 aromatic heterocycles. The number of hydrogen-bond acceptors (Lipinski definition) is 6. The highest BCUT2D eigenvalue weighted by Gasteiger charge is 2.44. The molecule has 1 aliphatic rings. The zero-order valence-corrected chi connectivity index (χ0v) is 18.4. The molecule has 8 heteroatoms. The second-order valence-corrected chi connectivity index (χ2v) is 7.82. The number of ketones is 1. The van der Waals surface area contributed by atoms with Crippen molar-refractivity contribution in [3.8, 4) is 5.75 Å². The van der Waals surface area contributed by atoms with Crippen molar-refractivity contribution < 1.29 is 28.6 Å². The predicted molar refractivity (Wildman–Crippen MR) is 119 cm³/mol. The average Bonchev–Trinajstić information content (AvgIpc) is 3.33.